The van der Waals surface area contributed by atoms with Crippen molar-refractivity contribution in [2.24, 2.45) is 11.0 Å². The first-order chi connectivity index (χ1) is 9.93. The van der Waals surface area contributed by atoms with Gasteiger partial charge in [-0.1, -0.05) is 5.11 Å². The summed E-state index contributed by atoms with van der Waals surface area (Å²) in [6.07, 6.45) is 0.187. The van der Waals surface area contributed by atoms with Crippen LogP contribution in [0, 0.1) is 23.0 Å². The molecule has 1 aromatic rings. The van der Waals surface area contributed by atoms with Crippen molar-refractivity contribution in [3.05, 3.63) is 36.8 Å². The lowest BCUT2D eigenvalue weighted by Gasteiger charge is -2.16. The highest BCUT2D eigenvalue weighted by molar-refractivity contribution is 9.10. The Bertz CT molecular complexity index is 658. The number of pyridine rings is 1. The van der Waals surface area contributed by atoms with Gasteiger partial charge < -0.3 is 0 Å². The van der Waals surface area contributed by atoms with E-state index in [1.54, 1.807) is 6.92 Å². The van der Waals surface area contributed by atoms with E-state index in [1.807, 2.05) is 0 Å². The van der Waals surface area contributed by atoms with Crippen LogP contribution in [0.1, 0.15) is 12.1 Å². The monoisotopic (exact) mass is 354 g/mol. The van der Waals surface area contributed by atoms with Crippen LogP contribution in [-0.2, 0) is 4.79 Å². The molecule has 1 amide bonds. The van der Waals surface area contributed by atoms with Crippen molar-refractivity contribution in [3.63, 3.8) is 0 Å². The van der Waals surface area contributed by atoms with Gasteiger partial charge in [0.1, 0.15) is 0 Å². The Morgan fingerprint density at radius 1 is 1.71 bits per heavy atom. The van der Waals surface area contributed by atoms with Gasteiger partial charge in [0.25, 0.3) is 0 Å². The van der Waals surface area contributed by atoms with Gasteiger partial charge >= 0.3 is 5.69 Å². The maximum atomic E-state index is 12.0. The summed E-state index contributed by atoms with van der Waals surface area (Å²) in [6, 6.07) is 1.34. The van der Waals surface area contributed by atoms with Gasteiger partial charge in [0.05, 0.1) is 10.6 Å². The van der Waals surface area contributed by atoms with Crippen LogP contribution in [-0.4, -0.2) is 28.9 Å². The smallest absolute Gasteiger partial charge is 0.291 e. The molecule has 21 heavy (non-hydrogen) atoms. The molecule has 0 N–H and O–H groups in total. The summed E-state index contributed by atoms with van der Waals surface area (Å²) in [6.45, 7) is 2.13. The number of anilines is 1. The highest BCUT2D eigenvalue weighted by atomic mass is 79.9. The van der Waals surface area contributed by atoms with Crippen molar-refractivity contribution >= 4 is 33.3 Å². The Balaban J connectivity index is 2.37. The number of nitrogens with zero attached hydrogens (tertiary/aromatic N) is 6. The second-order valence-electron chi connectivity index (χ2n) is 4.64. The lowest BCUT2D eigenvalue weighted by molar-refractivity contribution is -0.384. The predicted molar refractivity (Wildman–Crippen MR) is 77.8 cm³/mol. The minimum absolute atomic E-state index is 0.0362. The molecule has 1 fully saturated rings. The molecule has 0 bridgehead atoms. The van der Waals surface area contributed by atoms with Gasteiger partial charge in [-0.05, 0) is 34.3 Å². The van der Waals surface area contributed by atoms with Gasteiger partial charge in [0.15, 0.2) is 0 Å². The number of aromatic nitrogens is 1. The van der Waals surface area contributed by atoms with Crippen LogP contribution in [0.15, 0.2) is 15.7 Å². The number of halogens is 1. The Labute approximate surface area is 127 Å². The molecular weight excluding hydrogens is 344 g/mol. The molecule has 2 rings (SSSR count). The number of carbonyl (C=O) groups is 1. The third kappa shape index (κ3) is 3.11. The van der Waals surface area contributed by atoms with E-state index in [4.69, 9.17) is 5.53 Å². The summed E-state index contributed by atoms with van der Waals surface area (Å²) in [7, 11) is 0. The third-order valence-corrected chi connectivity index (χ3v) is 3.98. The maximum Gasteiger partial charge on any atom is 0.313 e. The predicted octanol–water partition coefficient (Wildman–Crippen LogP) is 2.72. The number of amides is 1. The van der Waals surface area contributed by atoms with Crippen LogP contribution >= 0.6 is 15.9 Å². The molecular formula is C11H11BrN6O3. The molecule has 110 valence electrons. The molecule has 0 aliphatic carbocycles. The third-order valence-electron chi connectivity index (χ3n) is 3.17. The van der Waals surface area contributed by atoms with Crippen molar-refractivity contribution in [2.75, 3.05) is 18.0 Å². The van der Waals surface area contributed by atoms with Gasteiger partial charge in [-0.3, -0.25) is 19.8 Å². The maximum absolute atomic E-state index is 12.0. The summed E-state index contributed by atoms with van der Waals surface area (Å²) >= 11 is 3.19. The fraction of sp³-hybridized carbons (Fsp3) is 0.455. The quantitative estimate of drug-likeness (QED) is 0.271. The van der Waals surface area contributed by atoms with E-state index in [1.165, 1.54) is 11.0 Å². The van der Waals surface area contributed by atoms with Crippen molar-refractivity contribution in [1.82, 2.24) is 4.98 Å². The fourth-order valence-corrected chi connectivity index (χ4v) is 2.46. The molecule has 10 heteroatoms. The van der Waals surface area contributed by atoms with E-state index < -0.39 is 4.92 Å². The van der Waals surface area contributed by atoms with E-state index in [0.717, 1.165) is 0 Å². The van der Waals surface area contributed by atoms with Crippen LogP contribution in [0.4, 0.5) is 11.5 Å². The molecule has 1 aliphatic heterocycles. The molecule has 0 aromatic carbocycles. The minimum atomic E-state index is -0.569. The zero-order chi connectivity index (χ0) is 15.6. The Kier molecular flexibility index (Phi) is 4.39. The summed E-state index contributed by atoms with van der Waals surface area (Å²) in [5, 5.41) is 14.6. The summed E-state index contributed by atoms with van der Waals surface area (Å²) < 4.78 is 0.509. The molecule has 0 saturated carbocycles. The van der Waals surface area contributed by atoms with Gasteiger partial charge in [0, 0.05) is 35.0 Å². The lowest BCUT2D eigenvalue weighted by atomic mass is 10.1. The number of carbonyl (C=O) groups excluding carboxylic acids is 1. The molecule has 1 unspecified atom stereocenters. The second kappa shape index (κ2) is 6.06. The molecule has 0 radical (unpaired) electrons. The average Bonchev–Trinajstić information content (AvgIpc) is 2.80. The first kappa shape index (κ1) is 15.2. The first-order valence-corrected chi connectivity index (χ1v) is 6.86. The summed E-state index contributed by atoms with van der Waals surface area (Å²) in [4.78, 5) is 30.7. The summed E-state index contributed by atoms with van der Waals surface area (Å²) in [5.41, 5.74) is 8.64. The van der Waals surface area contributed by atoms with E-state index in [0.29, 0.717) is 10.2 Å². The van der Waals surface area contributed by atoms with Crippen LogP contribution < -0.4 is 4.90 Å². The topological polar surface area (TPSA) is 125 Å². The number of rotatable bonds is 4. The van der Waals surface area contributed by atoms with Crippen LogP contribution in [0.2, 0.25) is 0 Å². The zero-order valence-electron chi connectivity index (χ0n) is 11.1. The fourth-order valence-electron chi connectivity index (χ4n) is 2.15. The standard InChI is InChI=1S/C11H11BrN6O3/c1-6-8(12)3-9(18(20)21)11(15-6)17-5-7(2-10(17)19)4-14-16-13/h3,7H,2,4-5H2,1H3. The Morgan fingerprint density at radius 3 is 3.05 bits per heavy atom. The lowest BCUT2D eigenvalue weighted by Crippen LogP contribution is -2.27. The van der Waals surface area contributed by atoms with Crippen LogP contribution in [0.3, 0.4) is 0 Å². The molecule has 2 heterocycles. The van der Waals surface area contributed by atoms with E-state index in [2.05, 4.69) is 30.9 Å². The van der Waals surface area contributed by atoms with Crippen LogP contribution in [0.5, 0.6) is 0 Å². The largest absolute Gasteiger partial charge is 0.313 e. The molecule has 1 saturated heterocycles. The molecule has 1 atom stereocenters. The normalized spacial score (nSPS) is 17.7. The number of aryl methyl sites for hydroxylation is 1. The average molecular weight is 355 g/mol. The van der Waals surface area contributed by atoms with E-state index in [-0.39, 0.29) is 42.8 Å². The van der Waals surface area contributed by atoms with Gasteiger partial charge in [-0.15, -0.1) is 0 Å². The SMILES string of the molecule is Cc1nc(N2CC(CN=[N+]=[N-])CC2=O)c([N+](=O)[O-])cc1Br. The van der Waals surface area contributed by atoms with Crippen molar-refractivity contribution in [1.29, 1.82) is 0 Å². The van der Waals surface area contributed by atoms with Crippen molar-refractivity contribution < 1.29 is 9.72 Å². The minimum Gasteiger partial charge on any atom is -0.291 e. The second-order valence-corrected chi connectivity index (χ2v) is 5.50. The Morgan fingerprint density at radius 2 is 2.43 bits per heavy atom. The Hall–Kier alpha value is -2.19. The highest BCUT2D eigenvalue weighted by Crippen LogP contribution is 2.34. The van der Waals surface area contributed by atoms with Crippen LogP contribution in [0.25, 0.3) is 10.4 Å². The number of hydrogen-bond donors (Lipinski definition) is 0. The number of nitro groups is 1. The van der Waals surface area contributed by atoms with Gasteiger partial charge in [0.2, 0.25) is 11.7 Å². The summed E-state index contributed by atoms with van der Waals surface area (Å²) in [5.74, 6) is -0.377. The van der Waals surface area contributed by atoms with Crippen molar-refractivity contribution in [3.8, 4) is 0 Å². The van der Waals surface area contributed by atoms with Crippen molar-refractivity contribution in [2.45, 2.75) is 13.3 Å². The molecule has 1 aliphatic rings. The van der Waals surface area contributed by atoms with Gasteiger partial charge in [-0.25, -0.2) is 4.98 Å². The number of azide groups is 1. The zero-order valence-corrected chi connectivity index (χ0v) is 12.6. The van der Waals surface area contributed by atoms with E-state index in [9.17, 15) is 14.9 Å². The van der Waals surface area contributed by atoms with E-state index >= 15 is 0 Å². The first-order valence-electron chi connectivity index (χ1n) is 6.06. The highest BCUT2D eigenvalue weighted by Gasteiger charge is 2.35. The number of hydrogen-bond acceptors (Lipinski definition) is 5. The molecule has 0 spiro atoms. The van der Waals surface area contributed by atoms with Gasteiger partial charge in [-0.2, -0.15) is 0 Å². The molecule has 1 aromatic heterocycles. The molecule has 9 nitrogen and oxygen atoms in total.